The van der Waals surface area contributed by atoms with E-state index in [4.69, 9.17) is 6.42 Å². The Morgan fingerprint density at radius 2 is 2.38 bits per heavy atom. The lowest BCUT2D eigenvalue weighted by Crippen LogP contribution is -2.35. The molecule has 0 heterocycles. The summed E-state index contributed by atoms with van der Waals surface area (Å²) in [7, 11) is 0. The van der Waals surface area contributed by atoms with Crippen LogP contribution in [0.25, 0.3) is 0 Å². The van der Waals surface area contributed by atoms with Gasteiger partial charge in [0.25, 0.3) is 0 Å². The van der Waals surface area contributed by atoms with Crippen molar-refractivity contribution in [2.45, 2.75) is 43.4 Å². The molecule has 0 spiro atoms. The minimum atomic E-state index is 0.722. The van der Waals surface area contributed by atoms with Crippen molar-refractivity contribution in [3.63, 3.8) is 0 Å². The van der Waals surface area contributed by atoms with E-state index in [1.54, 1.807) is 0 Å². The van der Waals surface area contributed by atoms with Gasteiger partial charge in [0, 0.05) is 24.3 Å². The fraction of sp³-hybridized carbons (Fsp3) is 0.818. The van der Waals surface area contributed by atoms with E-state index in [-0.39, 0.29) is 0 Å². The largest absolute Gasteiger partial charge is 0.313 e. The Morgan fingerprint density at radius 1 is 1.54 bits per heavy atom. The lowest BCUT2D eigenvalue weighted by Gasteiger charge is -2.28. The third-order valence-corrected chi connectivity index (χ3v) is 3.76. The Morgan fingerprint density at radius 3 is 3.08 bits per heavy atom. The van der Waals surface area contributed by atoms with Crippen LogP contribution in [0.3, 0.4) is 0 Å². The van der Waals surface area contributed by atoms with Gasteiger partial charge in [-0.2, -0.15) is 11.8 Å². The second-order valence-electron chi connectivity index (χ2n) is 3.63. The third kappa shape index (κ3) is 4.06. The van der Waals surface area contributed by atoms with Gasteiger partial charge in [-0.3, -0.25) is 0 Å². The minimum Gasteiger partial charge on any atom is -0.313 e. The molecule has 2 atom stereocenters. The van der Waals surface area contributed by atoms with E-state index >= 15 is 0 Å². The number of hydrogen-bond donors (Lipinski definition) is 1. The molecule has 0 radical (unpaired) electrons. The van der Waals surface area contributed by atoms with Crippen molar-refractivity contribution < 1.29 is 0 Å². The molecule has 1 fully saturated rings. The summed E-state index contributed by atoms with van der Waals surface area (Å²) in [5, 5.41) is 4.40. The number of terminal acetylenes is 1. The van der Waals surface area contributed by atoms with E-state index < -0.39 is 0 Å². The second-order valence-corrected chi connectivity index (χ2v) is 4.77. The molecule has 2 unspecified atom stereocenters. The highest BCUT2D eigenvalue weighted by Gasteiger charge is 2.20. The van der Waals surface area contributed by atoms with Crippen LogP contribution in [0.4, 0.5) is 0 Å². The molecule has 74 valence electrons. The molecule has 0 saturated heterocycles. The molecule has 1 aliphatic carbocycles. The van der Waals surface area contributed by atoms with E-state index in [0.29, 0.717) is 0 Å². The Bertz CT molecular complexity index is 173. The quantitative estimate of drug-likeness (QED) is 0.548. The first kappa shape index (κ1) is 10.9. The Labute approximate surface area is 86.1 Å². The van der Waals surface area contributed by atoms with Crippen LogP contribution in [0.2, 0.25) is 0 Å². The van der Waals surface area contributed by atoms with E-state index in [1.165, 1.54) is 25.7 Å². The number of hydrogen-bond acceptors (Lipinski definition) is 2. The smallest absolute Gasteiger partial charge is 0.0211 e. The molecular weight excluding hydrogens is 178 g/mol. The van der Waals surface area contributed by atoms with Gasteiger partial charge in [-0.1, -0.05) is 6.42 Å². The third-order valence-electron chi connectivity index (χ3n) is 2.66. The maximum absolute atomic E-state index is 5.20. The predicted octanol–water partition coefficient (Wildman–Crippen LogP) is 2.27. The van der Waals surface area contributed by atoms with E-state index in [0.717, 1.165) is 24.3 Å². The SMILES string of the molecule is C#CCCNC1CCCC(SC)C1. The van der Waals surface area contributed by atoms with Crippen molar-refractivity contribution in [2.75, 3.05) is 12.8 Å². The van der Waals surface area contributed by atoms with Crippen LogP contribution in [0, 0.1) is 12.3 Å². The fourth-order valence-corrected chi connectivity index (χ4v) is 2.72. The monoisotopic (exact) mass is 197 g/mol. The molecule has 1 rings (SSSR count). The van der Waals surface area contributed by atoms with Crippen LogP contribution in [0.15, 0.2) is 0 Å². The molecule has 0 aliphatic heterocycles. The highest BCUT2D eigenvalue weighted by atomic mass is 32.2. The summed E-state index contributed by atoms with van der Waals surface area (Å²) >= 11 is 2.01. The van der Waals surface area contributed by atoms with Crippen LogP contribution in [0.1, 0.15) is 32.1 Å². The van der Waals surface area contributed by atoms with E-state index in [1.807, 2.05) is 11.8 Å². The highest BCUT2D eigenvalue weighted by Crippen LogP contribution is 2.26. The van der Waals surface area contributed by atoms with Crippen LogP contribution >= 0.6 is 11.8 Å². The van der Waals surface area contributed by atoms with Crippen LogP contribution in [-0.2, 0) is 0 Å². The van der Waals surface area contributed by atoms with Gasteiger partial charge < -0.3 is 5.32 Å². The summed E-state index contributed by atoms with van der Waals surface area (Å²) in [6.45, 7) is 0.988. The van der Waals surface area contributed by atoms with Crippen LogP contribution < -0.4 is 5.32 Å². The summed E-state index contributed by atoms with van der Waals surface area (Å²) in [4.78, 5) is 0. The molecule has 0 aromatic carbocycles. The molecule has 0 amide bonds. The summed E-state index contributed by atoms with van der Waals surface area (Å²) in [6.07, 6.45) is 13.7. The zero-order chi connectivity index (χ0) is 9.52. The molecule has 0 bridgehead atoms. The van der Waals surface area contributed by atoms with Crippen molar-refractivity contribution >= 4 is 11.8 Å². The van der Waals surface area contributed by atoms with E-state index in [9.17, 15) is 0 Å². The average molecular weight is 197 g/mol. The fourth-order valence-electron chi connectivity index (χ4n) is 1.89. The van der Waals surface area contributed by atoms with Crippen LogP contribution in [-0.4, -0.2) is 24.1 Å². The normalized spacial score (nSPS) is 28.3. The molecule has 1 nitrogen and oxygen atoms in total. The Hall–Kier alpha value is -0.130. The summed E-state index contributed by atoms with van der Waals surface area (Å²) in [5.74, 6) is 2.66. The maximum atomic E-state index is 5.20. The lowest BCUT2D eigenvalue weighted by molar-refractivity contribution is 0.384. The zero-order valence-electron chi connectivity index (χ0n) is 8.38. The number of thioether (sulfide) groups is 1. The summed E-state index contributed by atoms with van der Waals surface area (Å²) < 4.78 is 0. The van der Waals surface area contributed by atoms with Crippen molar-refractivity contribution in [1.29, 1.82) is 0 Å². The lowest BCUT2D eigenvalue weighted by atomic mass is 9.95. The highest BCUT2D eigenvalue weighted by molar-refractivity contribution is 7.99. The topological polar surface area (TPSA) is 12.0 Å². The zero-order valence-corrected chi connectivity index (χ0v) is 9.20. The first-order valence-corrected chi connectivity index (χ1v) is 6.35. The number of nitrogens with one attached hydrogen (secondary N) is 1. The molecule has 1 aliphatic rings. The van der Waals surface area contributed by atoms with Crippen LogP contribution in [0.5, 0.6) is 0 Å². The predicted molar refractivity (Wildman–Crippen MR) is 61.0 cm³/mol. The summed E-state index contributed by atoms with van der Waals surface area (Å²) in [6, 6.07) is 0.722. The summed E-state index contributed by atoms with van der Waals surface area (Å²) in [5.41, 5.74) is 0. The van der Waals surface area contributed by atoms with E-state index in [2.05, 4.69) is 17.5 Å². The van der Waals surface area contributed by atoms with Crippen molar-refractivity contribution in [1.82, 2.24) is 5.32 Å². The van der Waals surface area contributed by atoms with Gasteiger partial charge >= 0.3 is 0 Å². The average Bonchev–Trinajstić information content (AvgIpc) is 2.19. The first-order chi connectivity index (χ1) is 6.36. The Kier molecular flexibility index (Phi) is 5.34. The molecule has 13 heavy (non-hydrogen) atoms. The second kappa shape index (κ2) is 6.34. The van der Waals surface area contributed by atoms with Crippen molar-refractivity contribution in [3.05, 3.63) is 0 Å². The van der Waals surface area contributed by atoms with Gasteiger partial charge in [-0.05, 0) is 25.5 Å². The molecular formula is C11H19NS. The van der Waals surface area contributed by atoms with Crippen molar-refractivity contribution in [3.8, 4) is 12.3 Å². The number of rotatable bonds is 4. The maximum Gasteiger partial charge on any atom is 0.0211 e. The van der Waals surface area contributed by atoms with Gasteiger partial charge in [-0.15, -0.1) is 12.3 Å². The van der Waals surface area contributed by atoms with Gasteiger partial charge in [0.2, 0.25) is 0 Å². The van der Waals surface area contributed by atoms with Gasteiger partial charge in [0.05, 0.1) is 0 Å². The van der Waals surface area contributed by atoms with Gasteiger partial charge in [0.15, 0.2) is 0 Å². The Balaban J connectivity index is 2.15. The molecule has 2 heteroatoms. The molecule has 1 N–H and O–H groups in total. The molecule has 0 aromatic heterocycles. The standard InChI is InChI=1S/C11H19NS/c1-3-4-8-12-10-6-5-7-11(9-10)13-2/h1,10-12H,4-9H2,2H3. The molecule has 0 aromatic rings. The van der Waals surface area contributed by atoms with Gasteiger partial charge in [0.1, 0.15) is 0 Å². The van der Waals surface area contributed by atoms with Crippen molar-refractivity contribution in [2.24, 2.45) is 0 Å². The minimum absolute atomic E-state index is 0.722. The first-order valence-electron chi connectivity index (χ1n) is 5.06. The van der Waals surface area contributed by atoms with Gasteiger partial charge in [-0.25, -0.2) is 0 Å². The molecule has 1 saturated carbocycles.